The molecule has 0 aromatic heterocycles. The molecule has 5 nitrogen and oxygen atoms in total. The van der Waals surface area contributed by atoms with Crippen LogP contribution in [0.25, 0.3) is 0 Å². The lowest BCUT2D eigenvalue weighted by Gasteiger charge is -2.29. The fraction of sp³-hybridized carbons (Fsp3) is 0.364. The number of oxime groups is 1. The Bertz CT molecular complexity index is 354. The Morgan fingerprint density at radius 1 is 1.44 bits per heavy atom. The van der Waals surface area contributed by atoms with Crippen LogP contribution in [0.5, 0.6) is 0 Å². The lowest BCUT2D eigenvalue weighted by molar-refractivity contribution is 0.180. The van der Waals surface area contributed by atoms with E-state index in [4.69, 9.17) is 10.9 Å². The fourth-order valence-electron chi connectivity index (χ4n) is 1.38. The van der Waals surface area contributed by atoms with Crippen LogP contribution < -0.4 is 11.1 Å². The minimum atomic E-state index is -0.601. The van der Waals surface area contributed by atoms with Crippen molar-refractivity contribution in [3.05, 3.63) is 35.9 Å². The summed E-state index contributed by atoms with van der Waals surface area (Å²) in [6.45, 7) is 1.99. The number of hydrogen-bond donors (Lipinski definition) is 4. The molecular weight excluding hydrogens is 206 g/mol. The van der Waals surface area contributed by atoms with E-state index in [2.05, 4.69) is 10.5 Å². The first-order chi connectivity index (χ1) is 7.62. The van der Waals surface area contributed by atoms with Crippen molar-refractivity contribution in [1.29, 1.82) is 0 Å². The number of benzene rings is 1. The molecule has 0 aliphatic heterocycles. The van der Waals surface area contributed by atoms with Crippen molar-refractivity contribution in [1.82, 2.24) is 5.32 Å². The Balaban J connectivity index is 2.78. The first kappa shape index (κ1) is 12.5. The lowest BCUT2D eigenvalue weighted by atomic mass is 9.93. The second kappa shape index (κ2) is 5.48. The van der Waals surface area contributed by atoms with Crippen LogP contribution in [0.4, 0.5) is 0 Å². The first-order valence-electron chi connectivity index (χ1n) is 5.00. The van der Waals surface area contributed by atoms with Crippen molar-refractivity contribution in [2.45, 2.75) is 12.5 Å². The average Bonchev–Trinajstić information content (AvgIpc) is 2.36. The summed E-state index contributed by atoms with van der Waals surface area (Å²) in [5, 5.41) is 23.8. The van der Waals surface area contributed by atoms with Gasteiger partial charge in [0.05, 0.1) is 18.7 Å². The molecule has 1 unspecified atom stereocenters. The van der Waals surface area contributed by atoms with Gasteiger partial charge in [0.2, 0.25) is 0 Å². The number of nitrogens with zero attached hydrogens (tertiary/aromatic N) is 1. The molecule has 0 fully saturated rings. The Kier molecular flexibility index (Phi) is 4.28. The quantitative estimate of drug-likeness (QED) is 0.249. The maximum atomic E-state index is 9.42. The van der Waals surface area contributed by atoms with Crippen molar-refractivity contribution in [3.63, 3.8) is 0 Å². The van der Waals surface area contributed by atoms with Gasteiger partial charge in [-0.1, -0.05) is 35.5 Å². The SMILES string of the molecule is CC(CO)(NC/C(N)=N/O)c1ccccc1. The smallest absolute Gasteiger partial charge is 0.153 e. The van der Waals surface area contributed by atoms with Crippen LogP contribution >= 0.6 is 0 Å². The zero-order valence-corrected chi connectivity index (χ0v) is 9.22. The molecule has 1 aromatic carbocycles. The van der Waals surface area contributed by atoms with Gasteiger partial charge in [-0.25, -0.2) is 0 Å². The highest BCUT2D eigenvalue weighted by atomic mass is 16.4. The molecule has 5 N–H and O–H groups in total. The number of nitrogens with two attached hydrogens (primary N) is 1. The maximum absolute atomic E-state index is 9.42. The van der Waals surface area contributed by atoms with Gasteiger partial charge in [0.1, 0.15) is 0 Å². The van der Waals surface area contributed by atoms with Crippen molar-refractivity contribution in [3.8, 4) is 0 Å². The summed E-state index contributed by atoms with van der Waals surface area (Å²) in [4.78, 5) is 0. The van der Waals surface area contributed by atoms with Crippen molar-refractivity contribution in [2.75, 3.05) is 13.2 Å². The van der Waals surface area contributed by atoms with Crippen molar-refractivity contribution >= 4 is 5.84 Å². The van der Waals surface area contributed by atoms with Crippen LogP contribution in [0.15, 0.2) is 35.5 Å². The summed E-state index contributed by atoms with van der Waals surface area (Å²) in [5.74, 6) is 0.0793. The highest BCUT2D eigenvalue weighted by Gasteiger charge is 2.24. The van der Waals surface area contributed by atoms with Crippen molar-refractivity contribution < 1.29 is 10.3 Å². The number of amidine groups is 1. The van der Waals surface area contributed by atoms with Gasteiger partial charge in [-0.15, -0.1) is 0 Å². The van der Waals surface area contributed by atoms with Gasteiger partial charge in [-0.05, 0) is 12.5 Å². The number of hydrogen-bond acceptors (Lipinski definition) is 4. The Hall–Kier alpha value is -1.59. The molecule has 0 bridgehead atoms. The van der Waals surface area contributed by atoms with E-state index in [1.165, 1.54) is 0 Å². The molecule has 0 saturated heterocycles. The summed E-state index contributed by atoms with van der Waals surface area (Å²) in [6.07, 6.45) is 0. The van der Waals surface area contributed by atoms with E-state index in [0.29, 0.717) is 0 Å². The molecule has 0 saturated carbocycles. The summed E-state index contributed by atoms with van der Waals surface area (Å²) in [5.41, 5.74) is 5.72. The molecule has 0 aliphatic rings. The van der Waals surface area contributed by atoms with E-state index in [9.17, 15) is 5.11 Å². The first-order valence-corrected chi connectivity index (χ1v) is 5.00. The van der Waals surface area contributed by atoms with E-state index in [1.807, 2.05) is 37.3 Å². The van der Waals surface area contributed by atoms with E-state index >= 15 is 0 Å². The molecule has 5 heteroatoms. The summed E-state index contributed by atoms with van der Waals surface area (Å²) in [6, 6.07) is 9.53. The van der Waals surface area contributed by atoms with Crippen LogP contribution in [0, 0.1) is 0 Å². The van der Waals surface area contributed by atoms with Crippen LogP contribution in [-0.2, 0) is 5.54 Å². The fourth-order valence-corrected chi connectivity index (χ4v) is 1.38. The Labute approximate surface area is 94.6 Å². The number of rotatable bonds is 5. The van der Waals surface area contributed by atoms with Crippen LogP contribution in [-0.4, -0.2) is 29.3 Å². The van der Waals surface area contributed by atoms with Crippen LogP contribution in [0.3, 0.4) is 0 Å². The average molecular weight is 223 g/mol. The van der Waals surface area contributed by atoms with Gasteiger partial charge >= 0.3 is 0 Å². The van der Waals surface area contributed by atoms with Crippen LogP contribution in [0.2, 0.25) is 0 Å². The van der Waals surface area contributed by atoms with E-state index < -0.39 is 5.54 Å². The molecule has 88 valence electrons. The van der Waals surface area contributed by atoms with Gasteiger partial charge in [-0.2, -0.15) is 0 Å². The predicted octanol–water partition coefficient (Wildman–Crippen LogP) is 0.230. The molecule has 0 amide bonds. The largest absolute Gasteiger partial charge is 0.409 e. The van der Waals surface area contributed by atoms with Crippen LogP contribution in [0.1, 0.15) is 12.5 Å². The number of aliphatic hydroxyl groups excluding tert-OH is 1. The van der Waals surface area contributed by atoms with E-state index in [1.54, 1.807) is 0 Å². The molecule has 1 atom stereocenters. The highest BCUT2D eigenvalue weighted by molar-refractivity contribution is 5.81. The van der Waals surface area contributed by atoms with E-state index in [0.717, 1.165) is 5.56 Å². The topological polar surface area (TPSA) is 90.9 Å². The van der Waals surface area contributed by atoms with Crippen molar-refractivity contribution in [2.24, 2.45) is 10.9 Å². The van der Waals surface area contributed by atoms with E-state index in [-0.39, 0.29) is 19.0 Å². The summed E-state index contributed by atoms with van der Waals surface area (Å²) >= 11 is 0. The minimum Gasteiger partial charge on any atom is -0.409 e. The molecule has 0 radical (unpaired) electrons. The maximum Gasteiger partial charge on any atom is 0.153 e. The molecule has 0 heterocycles. The lowest BCUT2D eigenvalue weighted by Crippen LogP contribution is -2.46. The third kappa shape index (κ3) is 2.95. The second-order valence-corrected chi connectivity index (χ2v) is 3.80. The van der Waals surface area contributed by atoms with Gasteiger partial charge in [0, 0.05) is 0 Å². The zero-order chi connectivity index (χ0) is 12.0. The van der Waals surface area contributed by atoms with Gasteiger partial charge in [-0.3, -0.25) is 5.32 Å². The molecule has 0 aliphatic carbocycles. The molecule has 1 aromatic rings. The normalized spacial score (nSPS) is 15.8. The number of aliphatic hydroxyl groups is 1. The highest BCUT2D eigenvalue weighted by Crippen LogP contribution is 2.19. The monoisotopic (exact) mass is 223 g/mol. The standard InChI is InChI=1S/C11H17N3O2/c1-11(8-15,13-7-10(12)14-16)9-5-3-2-4-6-9/h2-6,13,15-16H,7-8H2,1H3,(H2,12,14). The second-order valence-electron chi connectivity index (χ2n) is 3.80. The van der Waals surface area contributed by atoms with Gasteiger partial charge in [0.15, 0.2) is 5.84 Å². The number of nitrogens with one attached hydrogen (secondary N) is 1. The Morgan fingerprint density at radius 2 is 2.06 bits per heavy atom. The molecule has 0 spiro atoms. The third-order valence-electron chi connectivity index (χ3n) is 2.52. The molecular formula is C11H17N3O2. The molecule has 16 heavy (non-hydrogen) atoms. The summed E-state index contributed by atoms with van der Waals surface area (Å²) < 4.78 is 0. The third-order valence-corrected chi connectivity index (χ3v) is 2.52. The minimum absolute atomic E-state index is 0.0737. The summed E-state index contributed by atoms with van der Waals surface area (Å²) in [7, 11) is 0. The Morgan fingerprint density at radius 3 is 2.56 bits per heavy atom. The predicted molar refractivity (Wildman–Crippen MR) is 62.3 cm³/mol. The zero-order valence-electron chi connectivity index (χ0n) is 9.22. The molecule has 1 rings (SSSR count). The van der Waals surface area contributed by atoms with Gasteiger partial charge < -0.3 is 16.0 Å². The van der Waals surface area contributed by atoms with Gasteiger partial charge in [0.25, 0.3) is 0 Å².